The normalized spacial score (nSPS) is 19.9. The fraction of sp³-hybridized carbons (Fsp3) is 0.353. The van der Waals surface area contributed by atoms with Gasteiger partial charge in [-0.2, -0.15) is 5.10 Å². The Bertz CT molecular complexity index is 947. The predicted octanol–water partition coefficient (Wildman–Crippen LogP) is 1.14. The first-order chi connectivity index (χ1) is 12.6. The van der Waals surface area contributed by atoms with Gasteiger partial charge >= 0.3 is 0 Å². The highest BCUT2D eigenvalue weighted by molar-refractivity contribution is 5.90. The van der Waals surface area contributed by atoms with Crippen LogP contribution in [0.1, 0.15) is 0 Å². The highest BCUT2D eigenvalue weighted by Gasteiger charge is 2.35. The molecule has 3 aromatic rings. The van der Waals surface area contributed by atoms with Gasteiger partial charge in [-0.05, 0) is 12.1 Å². The number of rotatable bonds is 4. The Morgan fingerprint density at radius 3 is 2.85 bits per heavy atom. The summed E-state index contributed by atoms with van der Waals surface area (Å²) >= 11 is 0. The average Bonchev–Trinajstić information content (AvgIpc) is 3.21. The monoisotopic (exact) mass is 359 g/mol. The third kappa shape index (κ3) is 2.80. The van der Waals surface area contributed by atoms with Crippen molar-refractivity contribution in [1.82, 2.24) is 19.7 Å². The number of aliphatic hydroxyl groups is 1. The number of methoxy groups -OCH3 is 1. The minimum Gasteiger partial charge on any atom is -0.494 e. The van der Waals surface area contributed by atoms with Crippen LogP contribution in [0.25, 0.3) is 10.9 Å². The maximum atomic E-state index is 14.5. The minimum absolute atomic E-state index is 0.126. The van der Waals surface area contributed by atoms with Gasteiger partial charge in [0.15, 0.2) is 17.3 Å². The minimum atomic E-state index is -0.705. The summed E-state index contributed by atoms with van der Waals surface area (Å²) in [4.78, 5) is 10.2. The first kappa shape index (κ1) is 16.5. The van der Waals surface area contributed by atoms with Crippen LogP contribution in [0.3, 0.4) is 0 Å². The average molecular weight is 359 g/mol. The summed E-state index contributed by atoms with van der Waals surface area (Å²) in [7, 11) is 3.20. The number of aryl methyl sites for hydroxylation is 1. The molecule has 0 aliphatic carbocycles. The standard InChI is InChI=1S/C17H18FN5O3/c1-22-6-10(5-21-22)26-14-8-23(7-12(14)24)17-11-3-4-13(25-2)15(18)16(11)19-9-20-17/h3-6,9,12,14,24H,7-8H2,1-2H3/t12-,14-/m1/s1. The Kier molecular flexibility index (Phi) is 4.08. The van der Waals surface area contributed by atoms with Crippen molar-refractivity contribution < 1.29 is 19.0 Å². The Labute approximate surface area is 148 Å². The molecule has 1 aromatic carbocycles. The largest absolute Gasteiger partial charge is 0.494 e. The molecule has 1 aliphatic rings. The van der Waals surface area contributed by atoms with E-state index in [9.17, 15) is 9.50 Å². The van der Waals surface area contributed by atoms with Crippen molar-refractivity contribution >= 4 is 16.7 Å². The maximum Gasteiger partial charge on any atom is 0.191 e. The Morgan fingerprint density at radius 2 is 2.12 bits per heavy atom. The zero-order valence-corrected chi connectivity index (χ0v) is 14.3. The molecule has 9 heteroatoms. The van der Waals surface area contributed by atoms with Crippen LogP contribution in [0, 0.1) is 5.82 Å². The van der Waals surface area contributed by atoms with E-state index in [1.807, 2.05) is 4.90 Å². The second-order valence-electron chi connectivity index (χ2n) is 6.15. The van der Waals surface area contributed by atoms with E-state index in [1.54, 1.807) is 36.3 Å². The van der Waals surface area contributed by atoms with E-state index in [-0.39, 0.29) is 11.3 Å². The number of aromatic nitrogens is 4. The number of halogens is 1. The Balaban J connectivity index is 1.63. The van der Waals surface area contributed by atoms with Crippen LogP contribution in [-0.4, -0.2) is 57.3 Å². The highest BCUT2D eigenvalue weighted by Crippen LogP contribution is 2.32. The first-order valence-electron chi connectivity index (χ1n) is 8.12. The molecule has 1 aliphatic heterocycles. The van der Waals surface area contributed by atoms with Gasteiger partial charge in [-0.25, -0.2) is 14.4 Å². The van der Waals surface area contributed by atoms with Gasteiger partial charge in [0, 0.05) is 19.0 Å². The van der Waals surface area contributed by atoms with Gasteiger partial charge in [0.25, 0.3) is 0 Å². The molecule has 4 rings (SSSR count). The summed E-state index contributed by atoms with van der Waals surface area (Å²) in [6.45, 7) is 0.737. The number of benzene rings is 1. The Morgan fingerprint density at radius 1 is 1.27 bits per heavy atom. The zero-order valence-electron chi connectivity index (χ0n) is 14.3. The lowest BCUT2D eigenvalue weighted by Crippen LogP contribution is -2.29. The van der Waals surface area contributed by atoms with Gasteiger partial charge in [0.05, 0.1) is 26.0 Å². The molecule has 0 saturated carbocycles. The van der Waals surface area contributed by atoms with E-state index < -0.39 is 18.0 Å². The quantitative estimate of drug-likeness (QED) is 0.748. The van der Waals surface area contributed by atoms with Gasteiger partial charge in [-0.1, -0.05) is 0 Å². The number of anilines is 1. The maximum absolute atomic E-state index is 14.5. The third-order valence-electron chi connectivity index (χ3n) is 4.41. The van der Waals surface area contributed by atoms with Crippen LogP contribution in [0.15, 0.2) is 30.9 Å². The molecule has 0 bridgehead atoms. The van der Waals surface area contributed by atoms with Crippen LogP contribution in [0.2, 0.25) is 0 Å². The van der Waals surface area contributed by atoms with Gasteiger partial charge in [0.1, 0.15) is 29.9 Å². The second-order valence-corrected chi connectivity index (χ2v) is 6.15. The molecule has 1 N–H and O–H groups in total. The second kappa shape index (κ2) is 6.41. The lowest BCUT2D eigenvalue weighted by molar-refractivity contribution is 0.0737. The molecule has 0 radical (unpaired) electrons. The van der Waals surface area contributed by atoms with E-state index in [2.05, 4.69) is 15.1 Å². The number of β-amino-alcohol motifs (C(OH)–C–C–N with tert-alkyl or cyclic N) is 1. The van der Waals surface area contributed by atoms with Gasteiger partial charge in [-0.3, -0.25) is 4.68 Å². The molecule has 2 aromatic heterocycles. The van der Waals surface area contributed by atoms with Crippen LogP contribution in [0.5, 0.6) is 11.5 Å². The zero-order chi connectivity index (χ0) is 18.3. The van der Waals surface area contributed by atoms with Crippen molar-refractivity contribution in [3.63, 3.8) is 0 Å². The number of ether oxygens (including phenoxy) is 2. The molecule has 1 saturated heterocycles. The molecule has 26 heavy (non-hydrogen) atoms. The van der Waals surface area contributed by atoms with Crippen molar-refractivity contribution in [2.45, 2.75) is 12.2 Å². The summed E-state index contributed by atoms with van der Waals surface area (Å²) in [5, 5.41) is 15.0. The third-order valence-corrected chi connectivity index (χ3v) is 4.41. The molecule has 0 amide bonds. The smallest absolute Gasteiger partial charge is 0.191 e. The van der Waals surface area contributed by atoms with Crippen molar-refractivity contribution in [3.05, 3.63) is 36.7 Å². The summed E-state index contributed by atoms with van der Waals surface area (Å²) in [5.41, 5.74) is 0.181. The number of hydrogen-bond donors (Lipinski definition) is 1. The summed E-state index contributed by atoms with van der Waals surface area (Å²) in [5.74, 6) is 0.729. The molecule has 0 unspecified atom stereocenters. The van der Waals surface area contributed by atoms with Crippen molar-refractivity contribution in [3.8, 4) is 11.5 Å². The lowest BCUT2D eigenvalue weighted by Gasteiger charge is -2.19. The summed E-state index contributed by atoms with van der Waals surface area (Å²) in [6.07, 6.45) is 3.49. The van der Waals surface area contributed by atoms with Crippen LogP contribution in [-0.2, 0) is 7.05 Å². The molecule has 2 atom stereocenters. The molecule has 0 spiro atoms. The van der Waals surface area contributed by atoms with Gasteiger partial charge < -0.3 is 19.5 Å². The number of nitrogens with zero attached hydrogens (tertiary/aromatic N) is 5. The lowest BCUT2D eigenvalue weighted by atomic mass is 10.2. The van der Waals surface area contributed by atoms with E-state index in [4.69, 9.17) is 9.47 Å². The topological polar surface area (TPSA) is 85.5 Å². The number of hydrogen-bond acceptors (Lipinski definition) is 7. The van der Waals surface area contributed by atoms with Gasteiger partial charge in [-0.15, -0.1) is 0 Å². The molecule has 136 valence electrons. The Hall–Kier alpha value is -2.94. The predicted molar refractivity (Wildman–Crippen MR) is 91.9 cm³/mol. The molecular formula is C17H18FN5O3. The number of aliphatic hydroxyl groups excluding tert-OH is 1. The van der Waals surface area contributed by atoms with Crippen molar-refractivity contribution in [2.24, 2.45) is 7.05 Å². The van der Waals surface area contributed by atoms with E-state index in [0.717, 1.165) is 0 Å². The van der Waals surface area contributed by atoms with Crippen LogP contribution in [0.4, 0.5) is 10.2 Å². The van der Waals surface area contributed by atoms with E-state index in [1.165, 1.54) is 13.4 Å². The summed E-state index contributed by atoms with van der Waals surface area (Å²) < 4.78 is 26.9. The number of fused-ring (bicyclic) bond motifs is 1. The van der Waals surface area contributed by atoms with Crippen molar-refractivity contribution in [1.29, 1.82) is 0 Å². The molecule has 3 heterocycles. The first-order valence-corrected chi connectivity index (χ1v) is 8.12. The molecule has 1 fully saturated rings. The van der Waals surface area contributed by atoms with Crippen molar-refractivity contribution in [2.75, 3.05) is 25.1 Å². The van der Waals surface area contributed by atoms with Gasteiger partial charge in [0.2, 0.25) is 0 Å². The fourth-order valence-corrected chi connectivity index (χ4v) is 3.15. The summed E-state index contributed by atoms with van der Waals surface area (Å²) in [6, 6.07) is 3.26. The van der Waals surface area contributed by atoms with E-state index in [0.29, 0.717) is 30.0 Å². The molecular weight excluding hydrogens is 341 g/mol. The van der Waals surface area contributed by atoms with Crippen LogP contribution < -0.4 is 14.4 Å². The van der Waals surface area contributed by atoms with Crippen LogP contribution >= 0.6 is 0 Å². The fourth-order valence-electron chi connectivity index (χ4n) is 3.15. The van der Waals surface area contributed by atoms with E-state index >= 15 is 0 Å². The SMILES string of the molecule is COc1ccc2c(N3C[C@@H](O)[C@H](Oc4cnn(C)c4)C3)ncnc2c1F. The highest BCUT2D eigenvalue weighted by atomic mass is 19.1. The molecule has 8 nitrogen and oxygen atoms in total.